The molecule has 7 heteroatoms. The lowest BCUT2D eigenvalue weighted by Gasteiger charge is -2.03. The first-order valence-corrected chi connectivity index (χ1v) is 7.53. The van der Waals surface area contributed by atoms with Gasteiger partial charge in [-0.15, -0.1) is 5.10 Å². The molecule has 0 fully saturated rings. The van der Waals surface area contributed by atoms with Crippen LogP contribution < -0.4 is 5.32 Å². The minimum absolute atomic E-state index is 0.742. The van der Waals surface area contributed by atoms with E-state index in [1.54, 1.807) is 18.0 Å². The van der Waals surface area contributed by atoms with E-state index in [0.717, 1.165) is 40.3 Å². The molecule has 0 aliphatic rings. The highest BCUT2D eigenvalue weighted by Crippen LogP contribution is 2.25. The second kappa shape index (κ2) is 6.65. The number of aryl methyl sites for hydroxylation is 1. The zero-order chi connectivity index (χ0) is 12.8. The lowest BCUT2D eigenvalue weighted by atomic mass is 10.4. The average Bonchev–Trinajstić information content (AvgIpc) is 2.81. The van der Waals surface area contributed by atoms with E-state index < -0.39 is 0 Å². The lowest BCUT2D eigenvalue weighted by Crippen LogP contribution is -2.00. The maximum atomic E-state index is 4.35. The first-order chi connectivity index (χ1) is 8.79. The number of nitrogens with zero attached hydrogens (tertiary/aromatic N) is 4. The molecule has 0 unspecified atom stereocenters. The number of aromatic nitrogens is 4. The van der Waals surface area contributed by atoms with Crippen molar-refractivity contribution in [2.24, 2.45) is 0 Å². The quantitative estimate of drug-likeness (QED) is 0.649. The van der Waals surface area contributed by atoms with Crippen molar-refractivity contribution < 1.29 is 0 Å². The molecule has 2 heterocycles. The van der Waals surface area contributed by atoms with E-state index in [1.165, 1.54) is 11.5 Å². The second-order valence-electron chi connectivity index (χ2n) is 3.74. The summed E-state index contributed by atoms with van der Waals surface area (Å²) in [5.74, 6) is 0.742. The molecule has 0 aliphatic carbocycles. The highest BCUT2D eigenvalue weighted by atomic mass is 32.2. The molecule has 0 saturated carbocycles. The largest absolute Gasteiger partial charge is 0.374 e. The van der Waals surface area contributed by atoms with Gasteiger partial charge >= 0.3 is 0 Å². The Morgan fingerprint density at radius 3 is 3.11 bits per heavy atom. The molecule has 2 aromatic rings. The number of nitrogens with one attached hydrogen (secondary N) is 1. The standard InChI is InChI=1S/C11H15N5S2/c1-3-5-12-10-9(15-16-18-10)7-17-11-13-6-4-8(2)14-11/h4,6,12H,3,5,7H2,1-2H3. The molecule has 96 valence electrons. The van der Waals surface area contributed by atoms with Gasteiger partial charge in [0.1, 0.15) is 10.7 Å². The Labute approximate surface area is 115 Å². The van der Waals surface area contributed by atoms with Gasteiger partial charge in [0.25, 0.3) is 0 Å². The number of hydrogen-bond acceptors (Lipinski definition) is 7. The van der Waals surface area contributed by atoms with Crippen LogP contribution in [0.1, 0.15) is 24.7 Å². The van der Waals surface area contributed by atoms with E-state index in [1.807, 2.05) is 13.0 Å². The van der Waals surface area contributed by atoms with E-state index >= 15 is 0 Å². The molecule has 2 aromatic heterocycles. The van der Waals surface area contributed by atoms with Gasteiger partial charge in [-0.25, -0.2) is 9.97 Å². The van der Waals surface area contributed by atoms with Crippen molar-refractivity contribution in [2.75, 3.05) is 11.9 Å². The number of thioether (sulfide) groups is 1. The summed E-state index contributed by atoms with van der Waals surface area (Å²) in [4.78, 5) is 8.57. The van der Waals surface area contributed by atoms with Crippen LogP contribution in [0.3, 0.4) is 0 Å². The average molecular weight is 281 g/mol. The Morgan fingerprint density at radius 2 is 2.33 bits per heavy atom. The summed E-state index contributed by atoms with van der Waals surface area (Å²) in [5, 5.41) is 9.30. The molecule has 2 rings (SSSR count). The molecule has 0 bridgehead atoms. The molecule has 0 aromatic carbocycles. The molecule has 0 saturated heterocycles. The lowest BCUT2D eigenvalue weighted by molar-refractivity contribution is 0.929. The zero-order valence-corrected chi connectivity index (χ0v) is 12.0. The molecule has 1 N–H and O–H groups in total. The van der Waals surface area contributed by atoms with E-state index in [2.05, 4.69) is 31.8 Å². The highest BCUT2D eigenvalue weighted by Gasteiger charge is 2.08. The minimum atomic E-state index is 0.742. The first kappa shape index (κ1) is 13.2. The Bertz CT molecular complexity index is 500. The monoisotopic (exact) mass is 281 g/mol. The van der Waals surface area contributed by atoms with Crippen LogP contribution >= 0.6 is 23.3 Å². The summed E-state index contributed by atoms with van der Waals surface area (Å²) >= 11 is 2.98. The van der Waals surface area contributed by atoms with Gasteiger partial charge in [0.15, 0.2) is 5.16 Å². The van der Waals surface area contributed by atoms with Gasteiger partial charge in [0.05, 0.1) is 0 Å². The Hall–Kier alpha value is -1.21. The molecular formula is C11H15N5S2. The van der Waals surface area contributed by atoms with Gasteiger partial charge in [0.2, 0.25) is 0 Å². The number of rotatable bonds is 6. The van der Waals surface area contributed by atoms with E-state index in [-0.39, 0.29) is 0 Å². The summed E-state index contributed by atoms with van der Waals surface area (Å²) in [6, 6.07) is 1.89. The number of anilines is 1. The fraction of sp³-hybridized carbons (Fsp3) is 0.455. The van der Waals surface area contributed by atoms with E-state index in [4.69, 9.17) is 0 Å². The summed E-state index contributed by atoms with van der Waals surface area (Å²) in [5.41, 5.74) is 1.96. The fourth-order valence-electron chi connectivity index (χ4n) is 1.30. The van der Waals surface area contributed by atoms with Crippen molar-refractivity contribution >= 4 is 28.3 Å². The molecule has 0 aliphatic heterocycles. The predicted octanol–water partition coefficient (Wildman–Crippen LogP) is 2.75. The van der Waals surface area contributed by atoms with Crippen molar-refractivity contribution in [1.29, 1.82) is 0 Å². The molecule has 18 heavy (non-hydrogen) atoms. The third-order valence-electron chi connectivity index (χ3n) is 2.20. The van der Waals surface area contributed by atoms with Crippen molar-refractivity contribution in [3.63, 3.8) is 0 Å². The second-order valence-corrected chi connectivity index (χ2v) is 5.44. The van der Waals surface area contributed by atoms with Crippen molar-refractivity contribution in [1.82, 2.24) is 19.6 Å². The van der Waals surface area contributed by atoms with E-state index in [0.29, 0.717) is 0 Å². The van der Waals surface area contributed by atoms with Crippen molar-refractivity contribution in [2.45, 2.75) is 31.2 Å². The SMILES string of the molecule is CCCNc1snnc1CSc1nccc(C)n1. The molecular weight excluding hydrogens is 266 g/mol. The van der Waals surface area contributed by atoms with Crippen LogP contribution in [0.5, 0.6) is 0 Å². The van der Waals surface area contributed by atoms with Crippen LogP contribution in [0.25, 0.3) is 0 Å². The Morgan fingerprint density at radius 1 is 1.44 bits per heavy atom. The topological polar surface area (TPSA) is 63.6 Å². The normalized spacial score (nSPS) is 10.6. The van der Waals surface area contributed by atoms with Crippen LogP contribution in [-0.4, -0.2) is 26.1 Å². The van der Waals surface area contributed by atoms with Crippen LogP contribution in [0, 0.1) is 6.92 Å². The maximum absolute atomic E-state index is 4.35. The molecule has 0 amide bonds. The van der Waals surface area contributed by atoms with Crippen molar-refractivity contribution in [3.05, 3.63) is 23.7 Å². The summed E-state index contributed by atoms with van der Waals surface area (Å²) < 4.78 is 3.98. The Balaban J connectivity index is 1.95. The number of hydrogen-bond donors (Lipinski definition) is 1. The molecule has 5 nitrogen and oxygen atoms in total. The summed E-state index contributed by atoms with van der Waals surface area (Å²) in [6.45, 7) is 5.04. The van der Waals surface area contributed by atoms with Crippen molar-refractivity contribution in [3.8, 4) is 0 Å². The first-order valence-electron chi connectivity index (χ1n) is 5.77. The molecule has 0 spiro atoms. The minimum Gasteiger partial charge on any atom is -0.374 e. The van der Waals surface area contributed by atoms with Crippen LogP contribution in [0.4, 0.5) is 5.00 Å². The third-order valence-corrected chi connectivity index (χ3v) is 3.80. The van der Waals surface area contributed by atoms with Crippen LogP contribution in [0.2, 0.25) is 0 Å². The van der Waals surface area contributed by atoms with Crippen LogP contribution in [-0.2, 0) is 5.75 Å². The predicted molar refractivity (Wildman–Crippen MR) is 75.0 cm³/mol. The summed E-state index contributed by atoms with van der Waals surface area (Å²) in [7, 11) is 0. The van der Waals surface area contributed by atoms with Gasteiger partial charge in [-0.3, -0.25) is 0 Å². The Kier molecular flexibility index (Phi) is 4.89. The molecule has 0 radical (unpaired) electrons. The summed E-state index contributed by atoms with van der Waals surface area (Å²) in [6.07, 6.45) is 2.87. The van der Waals surface area contributed by atoms with Gasteiger partial charge in [0, 0.05) is 35.7 Å². The smallest absolute Gasteiger partial charge is 0.188 e. The fourth-order valence-corrected chi connectivity index (χ4v) is 2.81. The maximum Gasteiger partial charge on any atom is 0.188 e. The zero-order valence-electron chi connectivity index (χ0n) is 10.4. The van der Waals surface area contributed by atoms with Gasteiger partial charge in [-0.2, -0.15) is 0 Å². The third kappa shape index (κ3) is 3.64. The van der Waals surface area contributed by atoms with Gasteiger partial charge in [-0.05, 0) is 19.4 Å². The molecule has 0 atom stereocenters. The van der Waals surface area contributed by atoms with Gasteiger partial charge < -0.3 is 5.32 Å². The van der Waals surface area contributed by atoms with Gasteiger partial charge in [-0.1, -0.05) is 23.2 Å². The van der Waals surface area contributed by atoms with E-state index in [9.17, 15) is 0 Å². The highest BCUT2D eigenvalue weighted by molar-refractivity contribution is 7.98. The van der Waals surface area contributed by atoms with Crippen LogP contribution in [0.15, 0.2) is 17.4 Å².